The van der Waals surface area contributed by atoms with Crippen molar-refractivity contribution in [3.63, 3.8) is 0 Å². The van der Waals surface area contributed by atoms with E-state index in [0.717, 1.165) is 4.88 Å². The van der Waals surface area contributed by atoms with Gasteiger partial charge in [-0.05, 0) is 13.0 Å². The van der Waals surface area contributed by atoms with Gasteiger partial charge in [0.1, 0.15) is 4.34 Å². The molecule has 0 spiro atoms. The number of amides is 2. The van der Waals surface area contributed by atoms with Gasteiger partial charge in [0.2, 0.25) is 5.91 Å². The zero-order chi connectivity index (χ0) is 10.7. The molecule has 0 aromatic carbocycles. The van der Waals surface area contributed by atoms with Crippen molar-refractivity contribution in [1.29, 1.82) is 0 Å². The lowest BCUT2D eigenvalue weighted by molar-refractivity contribution is -0.117. The Bertz CT molecular complexity index is 375. The predicted molar refractivity (Wildman–Crippen MR) is 55.6 cm³/mol. The maximum Gasteiger partial charge on any atom is 0.254 e. The Morgan fingerprint density at radius 2 is 2.29 bits per heavy atom. The van der Waals surface area contributed by atoms with Crippen molar-refractivity contribution in [2.24, 2.45) is 5.73 Å². The number of thiophene rings is 1. The summed E-state index contributed by atoms with van der Waals surface area (Å²) in [6.45, 7) is 1.67. The molecule has 0 saturated heterocycles. The quantitative estimate of drug-likeness (QED) is 0.814. The zero-order valence-electron chi connectivity index (χ0n) is 7.46. The van der Waals surface area contributed by atoms with Crippen LogP contribution in [0, 0.1) is 6.92 Å². The first-order valence-electron chi connectivity index (χ1n) is 3.83. The molecule has 0 aliphatic carbocycles. The number of carbonyl (C=O) groups excluding carboxylic acids is 2. The Hall–Kier alpha value is -1.07. The first kappa shape index (κ1) is 11.0. The lowest BCUT2D eigenvalue weighted by Crippen LogP contribution is -2.33. The highest BCUT2D eigenvalue weighted by atomic mass is 35.5. The average molecular weight is 233 g/mol. The predicted octanol–water partition coefficient (Wildman–Crippen LogP) is 0.925. The number of hydrogen-bond donors (Lipinski definition) is 2. The number of primary amides is 1. The highest BCUT2D eigenvalue weighted by molar-refractivity contribution is 7.16. The van der Waals surface area contributed by atoms with Gasteiger partial charge in [-0.25, -0.2) is 0 Å². The molecule has 0 atom stereocenters. The molecule has 76 valence electrons. The average Bonchev–Trinajstić information content (AvgIpc) is 2.41. The standard InChI is InChI=1S/C8H9ClN2O2S/c1-4-2-5(7(9)14-4)8(13)11-3-6(10)12/h2H,3H2,1H3,(H2,10,12)(H,11,13). The van der Waals surface area contributed by atoms with E-state index in [1.807, 2.05) is 6.92 Å². The van der Waals surface area contributed by atoms with Crippen LogP contribution >= 0.6 is 22.9 Å². The topological polar surface area (TPSA) is 72.2 Å². The molecule has 0 bridgehead atoms. The van der Waals surface area contributed by atoms with Crippen molar-refractivity contribution in [2.45, 2.75) is 6.92 Å². The summed E-state index contributed by atoms with van der Waals surface area (Å²) < 4.78 is 0.421. The Morgan fingerprint density at radius 1 is 1.64 bits per heavy atom. The monoisotopic (exact) mass is 232 g/mol. The molecule has 0 aliphatic heterocycles. The summed E-state index contributed by atoms with van der Waals surface area (Å²) in [4.78, 5) is 22.7. The first-order valence-corrected chi connectivity index (χ1v) is 5.02. The summed E-state index contributed by atoms with van der Waals surface area (Å²) in [6, 6.07) is 1.67. The number of carbonyl (C=O) groups is 2. The second kappa shape index (κ2) is 4.43. The minimum absolute atomic E-state index is 0.177. The second-order valence-corrected chi connectivity index (χ2v) is 4.55. The fourth-order valence-electron chi connectivity index (χ4n) is 0.903. The van der Waals surface area contributed by atoms with Crippen LogP contribution in [0.2, 0.25) is 4.34 Å². The summed E-state index contributed by atoms with van der Waals surface area (Å²) >= 11 is 7.12. The van der Waals surface area contributed by atoms with Crippen LogP contribution < -0.4 is 11.1 Å². The largest absolute Gasteiger partial charge is 0.368 e. The molecule has 0 aliphatic rings. The molecule has 1 aromatic rings. The maximum absolute atomic E-state index is 11.4. The summed E-state index contributed by atoms with van der Waals surface area (Å²) in [6.07, 6.45) is 0. The third-order valence-electron chi connectivity index (χ3n) is 1.48. The highest BCUT2D eigenvalue weighted by Crippen LogP contribution is 2.26. The summed E-state index contributed by atoms with van der Waals surface area (Å²) in [7, 11) is 0. The number of aryl methyl sites for hydroxylation is 1. The minimum Gasteiger partial charge on any atom is -0.368 e. The lowest BCUT2D eigenvalue weighted by atomic mass is 10.3. The molecular formula is C8H9ClN2O2S. The van der Waals surface area contributed by atoms with E-state index in [0.29, 0.717) is 9.90 Å². The van der Waals surface area contributed by atoms with E-state index in [9.17, 15) is 9.59 Å². The van der Waals surface area contributed by atoms with Gasteiger partial charge in [0.15, 0.2) is 0 Å². The number of nitrogens with one attached hydrogen (secondary N) is 1. The van der Waals surface area contributed by atoms with Crippen molar-refractivity contribution >= 4 is 34.8 Å². The molecule has 1 heterocycles. The number of hydrogen-bond acceptors (Lipinski definition) is 3. The highest BCUT2D eigenvalue weighted by Gasteiger charge is 2.13. The Kier molecular flexibility index (Phi) is 3.49. The normalized spacial score (nSPS) is 9.86. The SMILES string of the molecule is Cc1cc(C(=O)NCC(N)=O)c(Cl)s1. The van der Waals surface area contributed by atoms with E-state index in [1.165, 1.54) is 11.3 Å². The fourth-order valence-corrected chi connectivity index (χ4v) is 2.13. The number of halogens is 1. The van der Waals surface area contributed by atoms with E-state index >= 15 is 0 Å². The van der Waals surface area contributed by atoms with Gasteiger partial charge in [0.25, 0.3) is 5.91 Å². The fraction of sp³-hybridized carbons (Fsp3) is 0.250. The third-order valence-corrected chi connectivity index (χ3v) is 2.75. The second-order valence-electron chi connectivity index (χ2n) is 2.69. The minimum atomic E-state index is -0.582. The number of rotatable bonds is 3. The molecule has 0 saturated carbocycles. The third kappa shape index (κ3) is 2.71. The maximum atomic E-state index is 11.4. The Balaban J connectivity index is 2.69. The smallest absolute Gasteiger partial charge is 0.254 e. The molecule has 0 radical (unpaired) electrons. The first-order chi connectivity index (χ1) is 6.50. The number of nitrogens with two attached hydrogens (primary N) is 1. The van der Waals surface area contributed by atoms with E-state index in [2.05, 4.69) is 5.32 Å². The molecule has 3 N–H and O–H groups in total. The van der Waals surface area contributed by atoms with Gasteiger partial charge in [0, 0.05) is 4.88 Å². The van der Waals surface area contributed by atoms with E-state index in [1.54, 1.807) is 6.07 Å². The van der Waals surface area contributed by atoms with Gasteiger partial charge in [-0.3, -0.25) is 9.59 Å². The molecule has 0 unspecified atom stereocenters. The van der Waals surface area contributed by atoms with E-state index < -0.39 is 5.91 Å². The van der Waals surface area contributed by atoms with Gasteiger partial charge in [0.05, 0.1) is 12.1 Å². The molecule has 6 heteroatoms. The lowest BCUT2D eigenvalue weighted by Gasteiger charge is -1.99. The summed E-state index contributed by atoms with van der Waals surface area (Å²) in [5, 5.41) is 2.36. The van der Waals surface area contributed by atoms with E-state index in [-0.39, 0.29) is 12.5 Å². The van der Waals surface area contributed by atoms with Crippen LogP contribution in [-0.4, -0.2) is 18.4 Å². The van der Waals surface area contributed by atoms with Gasteiger partial charge < -0.3 is 11.1 Å². The molecule has 1 rings (SSSR count). The molecule has 1 aromatic heterocycles. The van der Waals surface area contributed by atoms with Crippen molar-refractivity contribution in [3.8, 4) is 0 Å². The molecule has 4 nitrogen and oxygen atoms in total. The van der Waals surface area contributed by atoms with Crippen molar-refractivity contribution in [2.75, 3.05) is 6.54 Å². The van der Waals surface area contributed by atoms with Gasteiger partial charge >= 0.3 is 0 Å². The van der Waals surface area contributed by atoms with Crippen molar-refractivity contribution in [3.05, 3.63) is 20.8 Å². The summed E-state index contributed by atoms with van der Waals surface area (Å²) in [5.41, 5.74) is 5.26. The van der Waals surface area contributed by atoms with Gasteiger partial charge in [-0.1, -0.05) is 11.6 Å². The van der Waals surface area contributed by atoms with Crippen molar-refractivity contribution < 1.29 is 9.59 Å². The molecule has 2 amide bonds. The molecule has 14 heavy (non-hydrogen) atoms. The summed E-state index contributed by atoms with van der Waals surface area (Å²) in [5.74, 6) is -0.959. The van der Waals surface area contributed by atoms with Crippen molar-refractivity contribution in [1.82, 2.24) is 5.32 Å². The molecular weight excluding hydrogens is 224 g/mol. The molecule has 0 fully saturated rings. The van der Waals surface area contributed by atoms with Crippen LogP contribution in [0.15, 0.2) is 6.07 Å². The zero-order valence-corrected chi connectivity index (χ0v) is 9.04. The van der Waals surface area contributed by atoms with Crippen LogP contribution in [0.1, 0.15) is 15.2 Å². The van der Waals surface area contributed by atoms with E-state index in [4.69, 9.17) is 17.3 Å². The Labute approximate surface area is 90.0 Å². The van der Waals surface area contributed by atoms with Crippen LogP contribution in [-0.2, 0) is 4.79 Å². The van der Waals surface area contributed by atoms with Gasteiger partial charge in [-0.15, -0.1) is 11.3 Å². The van der Waals surface area contributed by atoms with Crippen LogP contribution in [0.25, 0.3) is 0 Å². The van der Waals surface area contributed by atoms with Crippen LogP contribution in [0.4, 0.5) is 0 Å². The van der Waals surface area contributed by atoms with Crippen LogP contribution in [0.5, 0.6) is 0 Å². The van der Waals surface area contributed by atoms with Crippen LogP contribution in [0.3, 0.4) is 0 Å². The Morgan fingerprint density at radius 3 is 2.71 bits per heavy atom. The van der Waals surface area contributed by atoms with Gasteiger partial charge in [-0.2, -0.15) is 0 Å².